The standard InChI is InChI=1S/C27H29ClINO5S/c1-16-14-21(8-10-23(16)28)36(34,35)27-12-13-30(25(31)17-2-4-18(5-3-17)26(32)33)24(27)11-6-19-15-20(29)7-9-22(19)27/h7-10,14-15,17-18,24H,2-6,11-13H2,1H3,(H,32,33)/t17-,18-,24?,27?. The summed E-state index contributed by atoms with van der Waals surface area (Å²) < 4.78 is 28.9. The summed E-state index contributed by atoms with van der Waals surface area (Å²) in [5.41, 5.74) is 2.53. The number of hydrogen-bond acceptors (Lipinski definition) is 4. The topological polar surface area (TPSA) is 91.8 Å². The molecule has 1 aliphatic heterocycles. The monoisotopic (exact) mass is 641 g/mol. The average molecular weight is 642 g/mol. The second-order valence-electron chi connectivity index (χ2n) is 10.3. The van der Waals surface area contributed by atoms with Crippen LogP contribution >= 0.6 is 34.2 Å². The summed E-state index contributed by atoms with van der Waals surface area (Å²) in [6, 6.07) is 10.3. The number of aryl methyl sites for hydroxylation is 2. The lowest BCUT2D eigenvalue weighted by Crippen LogP contribution is -2.53. The van der Waals surface area contributed by atoms with Crippen LogP contribution in [0, 0.1) is 22.3 Å². The van der Waals surface area contributed by atoms with Gasteiger partial charge in [0.15, 0.2) is 9.84 Å². The van der Waals surface area contributed by atoms with E-state index in [4.69, 9.17) is 11.6 Å². The molecule has 1 N–H and O–H groups in total. The van der Waals surface area contributed by atoms with Crippen molar-refractivity contribution in [1.29, 1.82) is 0 Å². The third-order valence-electron chi connectivity index (χ3n) is 8.48. The van der Waals surface area contributed by atoms with Crippen LogP contribution in [0.2, 0.25) is 5.02 Å². The Balaban J connectivity index is 1.56. The first-order valence-electron chi connectivity index (χ1n) is 12.4. The molecule has 2 fully saturated rings. The zero-order valence-corrected chi connectivity index (χ0v) is 23.8. The maximum Gasteiger partial charge on any atom is 0.306 e. The summed E-state index contributed by atoms with van der Waals surface area (Å²) in [5.74, 6) is -1.48. The van der Waals surface area contributed by atoms with E-state index in [1.54, 1.807) is 25.1 Å². The van der Waals surface area contributed by atoms with Crippen molar-refractivity contribution in [3.8, 4) is 0 Å². The van der Waals surface area contributed by atoms with Crippen LogP contribution < -0.4 is 0 Å². The normalized spacial score (nSPS) is 27.9. The van der Waals surface area contributed by atoms with E-state index < -0.39 is 32.5 Å². The number of carbonyl (C=O) groups excluding carboxylic acids is 1. The molecule has 9 heteroatoms. The SMILES string of the molecule is Cc1cc(S(=O)(=O)C23CCN(C(=O)[C@H]4CC[C@H](C(=O)O)CC4)C2CCc2cc(I)ccc23)ccc1Cl. The minimum Gasteiger partial charge on any atom is -0.481 e. The van der Waals surface area contributed by atoms with Crippen LogP contribution in [0.5, 0.6) is 0 Å². The van der Waals surface area contributed by atoms with Gasteiger partial charge in [-0.25, -0.2) is 8.42 Å². The number of carbonyl (C=O) groups is 2. The molecule has 0 radical (unpaired) electrons. The van der Waals surface area contributed by atoms with Gasteiger partial charge < -0.3 is 10.0 Å². The predicted molar refractivity (Wildman–Crippen MR) is 146 cm³/mol. The van der Waals surface area contributed by atoms with Gasteiger partial charge in [-0.05, 0) is 121 Å². The molecule has 0 spiro atoms. The molecule has 2 unspecified atom stereocenters. The Kier molecular flexibility index (Phi) is 6.91. The van der Waals surface area contributed by atoms with Gasteiger partial charge in [0.1, 0.15) is 4.75 Å². The first-order valence-corrected chi connectivity index (χ1v) is 15.3. The van der Waals surface area contributed by atoms with Crippen LogP contribution in [0.3, 0.4) is 0 Å². The molecule has 2 aromatic rings. The van der Waals surface area contributed by atoms with Crippen LogP contribution in [0.25, 0.3) is 0 Å². The number of halogens is 2. The van der Waals surface area contributed by atoms with Crippen LogP contribution in [-0.2, 0) is 30.6 Å². The molecule has 192 valence electrons. The van der Waals surface area contributed by atoms with Gasteiger partial charge >= 0.3 is 5.97 Å². The van der Waals surface area contributed by atoms with Crippen molar-refractivity contribution in [1.82, 2.24) is 4.90 Å². The fourth-order valence-electron chi connectivity index (χ4n) is 6.58. The Morgan fingerprint density at radius 1 is 1.06 bits per heavy atom. The highest BCUT2D eigenvalue weighted by Gasteiger charge is 2.61. The third kappa shape index (κ3) is 4.07. The van der Waals surface area contributed by atoms with Gasteiger partial charge in [-0.3, -0.25) is 9.59 Å². The molecule has 2 aliphatic carbocycles. The lowest BCUT2D eigenvalue weighted by molar-refractivity contribution is -0.146. The maximum atomic E-state index is 14.5. The van der Waals surface area contributed by atoms with Crippen molar-refractivity contribution in [2.75, 3.05) is 6.54 Å². The van der Waals surface area contributed by atoms with Gasteiger partial charge in [-0.1, -0.05) is 17.7 Å². The van der Waals surface area contributed by atoms with Gasteiger partial charge in [0.25, 0.3) is 0 Å². The number of fused-ring (bicyclic) bond motifs is 3. The van der Waals surface area contributed by atoms with E-state index in [1.165, 1.54) is 0 Å². The van der Waals surface area contributed by atoms with E-state index in [0.717, 1.165) is 14.7 Å². The van der Waals surface area contributed by atoms with Crippen LogP contribution in [0.15, 0.2) is 41.3 Å². The number of rotatable bonds is 4. The largest absolute Gasteiger partial charge is 0.481 e. The molecule has 1 saturated carbocycles. The number of amides is 1. The molecule has 36 heavy (non-hydrogen) atoms. The van der Waals surface area contributed by atoms with E-state index in [-0.39, 0.29) is 16.7 Å². The Morgan fingerprint density at radius 3 is 2.42 bits per heavy atom. The van der Waals surface area contributed by atoms with Gasteiger partial charge in [-0.2, -0.15) is 0 Å². The first-order chi connectivity index (χ1) is 17.1. The molecule has 3 aliphatic rings. The van der Waals surface area contributed by atoms with Gasteiger partial charge in [0.05, 0.1) is 16.9 Å². The zero-order chi connectivity index (χ0) is 25.8. The number of benzene rings is 2. The molecule has 0 aromatic heterocycles. The molecular weight excluding hydrogens is 613 g/mol. The fourth-order valence-corrected chi connectivity index (χ4v) is 9.70. The molecule has 5 rings (SSSR count). The summed E-state index contributed by atoms with van der Waals surface area (Å²) in [4.78, 5) is 27.2. The minimum absolute atomic E-state index is 0.0258. The van der Waals surface area contributed by atoms with E-state index >= 15 is 0 Å². The summed E-state index contributed by atoms with van der Waals surface area (Å²) in [6.07, 6.45) is 3.66. The quantitative estimate of drug-likeness (QED) is 0.454. The molecule has 1 saturated heterocycles. The van der Waals surface area contributed by atoms with E-state index in [2.05, 4.69) is 28.7 Å². The number of aliphatic carboxylic acids is 1. The molecule has 2 aromatic carbocycles. The average Bonchev–Trinajstić information content (AvgIpc) is 3.26. The summed E-state index contributed by atoms with van der Waals surface area (Å²) in [7, 11) is -3.88. The van der Waals surface area contributed by atoms with E-state index in [9.17, 15) is 23.1 Å². The van der Waals surface area contributed by atoms with Crippen molar-refractivity contribution < 1.29 is 23.1 Å². The third-order valence-corrected chi connectivity index (χ3v) is 12.1. The van der Waals surface area contributed by atoms with E-state index in [0.29, 0.717) is 62.1 Å². The van der Waals surface area contributed by atoms with Crippen molar-refractivity contribution in [3.63, 3.8) is 0 Å². The second kappa shape index (κ2) is 9.58. The van der Waals surface area contributed by atoms with Crippen molar-refractivity contribution in [2.24, 2.45) is 11.8 Å². The lowest BCUT2D eigenvalue weighted by atomic mass is 9.78. The molecule has 6 nitrogen and oxygen atoms in total. The summed E-state index contributed by atoms with van der Waals surface area (Å²) in [6.45, 7) is 2.17. The van der Waals surface area contributed by atoms with Gasteiger partial charge in [0.2, 0.25) is 5.91 Å². The van der Waals surface area contributed by atoms with Crippen LogP contribution in [0.1, 0.15) is 55.2 Å². The maximum absolute atomic E-state index is 14.5. The number of nitrogens with zero attached hydrogens (tertiary/aromatic N) is 1. The van der Waals surface area contributed by atoms with Crippen molar-refractivity contribution >= 4 is 55.9 Å². The second-order valence-corrected chi connectivity index (χ2v) is 14.2. The highest BCUT2D eigenvalue weighted by atomic mass is 127. The van der Waals surface area contributed by atoms with Crippen LogP contribution in [-0.4, -0.2) is 42.9 Å². The number of sulfone groups is 1. The Bertz CT molecular complexity index is 1340. The Hall–Kier alpha value is -1.65. The fraction of sp³-hybridized carbons (Fsp3) is 0.481. The number of hydrogen-bond donors (Lipinski definition) is 1. The lowest BCUT2D eigenvalue weighted by Gasteiger charge is -2.43. The van der Waals surface area contributed by atoms with Crippen molar-refractivity contribution in [3.05, 3.63) is 61.7 Å². The Labute approximate surface area is 230 Å². The zero-order valence-electron chi connectivity index (χ0n) is 20.0. The molecule has 1 amide bonds. The smallest absolute Gasteiger partial charge is 0.306 e. The molecule has 0 bridgehead atoms. The summed E-state index contributed by atoms with van der Waals surface area (Å²) in [5, 5.41) is 9.85. The summed E-state index contributed by atoms with van der Waals surface area (Å²) >= 11 is 8.47. The highest BCUT2D eigenvalue weighted by Crippen LogP contribution is 2.53. The Morgan fingerprint density at radius 2 is 1.75 bits per heavy atom. The minimum atomic E-state index is -3.88. The van der Waals surface area contributed by atoms with E-state index in [1.807, 2.05) is 17.0 Å². The first kappa shape index (κ1) is 26.0. The molecule has 2 atom stereocenters. The highest BCUT2D eigenvalue weighted by molar-refractivity contribution is 14.1. The van der Waals surface area contributed by atoms with Gasteiger partial charge in [-0.15, -0.1) is 0 Å². The number of carboxylic acid groups (broad SMARTS) is 1. The van der Waals surface area contributed by atoms with Gasteiger partial charge in [0, 0.05) is 21.1 Å². The predicted octanol–water partition coefficient (Wildman–Crippen LogP) is 5.36. The number of carboxylic acids is 1. The molecular formula is C27H29ClINO5S. The molecule has 1 heterocycles. The van der Waals surface area contributed by atoms with Crippen LogP contribution in [0.4, 0.5) is 0 Å². The van der Waals surface area contributed by atoms with Crippen molar-refractivity contribution in [2.45, 2.75) is 67.6 Å². The number of likely N-dealkylation sites (tertiary alicyclic amines) is 1.